The van der Waals surface area contributed by atoms with E-state index in [2.05, 4.69) is 0 Å². The van der Waals surface area contributed by atoms with Crippen molar-refractivity contribution >= 4 is 0 Å². The molecule has 110 valence electrons. The predicted octanol–water partition coefficient (Wildman–Crippen LogP) is 1.55. The van der Waals surface area contributed by atoms with Crippen LogP contribution >= 0.6 is 0 Å². The Morgan fingerprint density at radius 3 is 0.529 bits per heavy atom. The van der Waals surface area contributed by atoms with Crippen LogP contribution in [0.3, 0.4) is 0 Å². The first kappa shape index (κ1) is 30.5. The van der Waals surface area contributed by atoms with Gasteiger partial charge in [-0.3, -0.25) is 0 Å². The molecule has 17 heavy (non-hydrogen) atoms. The van der Waals surface area contributed by atoms with Gasteiger partial charge in [-0.15, -0.1) is 0 Å². The van der Waals surface area contributed by atoms with Crippen LogP contribution in [-0.2, 0) is 21.1 Å². The van der Waals surface area contributed by atoms with Crippen LogP contribution in [0.1, 0.15) is 53.4 Å². The van der Waals surface area contributed by atoms with Gasteiger partial charge in [-0.1, -0.05) is 27.7 Å². The fourth-order valence-electron chi connectivity index (χ4n) is 0. The summed E-state index contributed by atoms with van der Waals surface area (Å²) >= 11 is 0. The summed E-state index contributed by atoms with van der Waals surface area (Å²) in [6.07, 6.45) is 3.50. The first-order chi connectivity index (χ1) is 7.66. The smallest absolute Gasteiger partial charge is 0.0428 e. The zero-order valence-electron chi connectivity index (χ0n) is 11.9. The van der Waals surface area contributed by atoms with Crippen LogP contribution in [0.4, 0.5) is 0 Å². The van der Waals surface area contributed by atoms with Crippen LogP contribution in [0.2, 0.25) is 0 Å². The molecule has 0 aliphatic carbocycles. The second-order valence-corrected chi connectivity index (χ2v) is 2.89. The summed E-state index contributed by atoms with van der Waals surface area (Å²) in [7, 11) is 0. The standard InChI is InChI=1S/4C3H8O.Mo/c4*1-2-3-4;/h4*4H,2-3H2,1H3;. The molecule has 0 aromatic rings. The van der Waals surface area contributed by atoms with Gasteiger partial charge in [-0.25, -0.2) is 0 Å². The minimum Gasteiger partial charge on any atom is -0.396 e. The van der Waals surface area contributed by atoms with Crippen molar-refractivity contribution in [3.63, 3.8) is 0 Å². The summed E-state index contributed by atoms with van der Waals surface area (Å²) in [5.74, 6) is 0. The van der Waals surface area contributed by atoms with Gasteiger partial charge in [0.25, 0.3) is 0 Å². The number of hydrogen-bond donors (Lipinski definition) is 4. The zero-order valence-corrected chi connectivity index (χ0v) is 13.9. The van der Waals surface area contributed by atoms with E-state index < -0.39 is 0 Å². The van der Waals surface area contributed by atoms with Crippen molar-refractivity contribution in [3.05, 3.63) is 0 Å². The third-order valence-corrected chi connectivity index (χ3v) is 0.894. The van der Waals surface area contributed by atoms with Crippen LogP contribution in [0.15, 0.2) is 0 Å². The quantitative estimate of drug-likeness (QED) is 0.587. The van der Waals surface area contributed by atoms with Crippen molar-refractivity contribution in [1.82, 2.24) is 0 Å². The number of rotatable bonds is 4. The number of aliphatic hydroxyl groups excluding tert-OH is 4. The van der Waals surface area contributed by atoms with Crippen LogP contribution < -0.4 is 0 Å². The number of hydrogen-bond acceptors (Lipinski definition) is 4. The summed E-state index contributed by atoms with van der Waals surface area (Å²) in [6, 6.07) is 0. The second kappa shape index (κ2) is 54.8. The molecule has 0 amide bonds. The molecule has 0 bridgehead atoms. The van der Waals surface area contributed by atoms with Crippen molar-refractivity contribution in [3.8, 4) is 0 Å². The Bertz CT molecular complexity index is 42.5. The van der Waals surface area contributed by atoms with E-state index in [9.17, 15) is 0 Å². The van der Waals surface area contributed by atoms with Gasteiger partial charge in [-0.2, -0.15) is 0 Å². The Morgan fingerprint density at radius 1 is 0.471 bits per heavy atom. The molecule has 0 unspecified atom stereocenters. The normalized spacial score (nSPS) is 7.06. The molecule has 0 aliphatic rings. The minimum atomic E-state index is 0. The molecular formula is C12H32MoO4. The Morgan fingerprint density at radius 2 is 0.529 bits per heavy atom. The summed E-state index contributed by atoms with van der Waals surface area (Å²) in [4.78, 5) is 0. The molecule has 5 heteroatoms. The zero-order chi connectivity index (χ0) is 13.7. The van der Waals surface area contributed by atoms with Crippen molar-refractivity contribution < 1.29 is 41.5 Å². The molecule has 0 spiro atoms. The molecular weight excluding hydrogens is 304 g/mol. The van der Waals surface area contributed by atoms with E-state index in [0.717, 1.165) is 25.7 Å². The topological polar surface area (TPSA) is 80.9 Å². The molecule has 0 radical (unpaired) electrons. The van der Waals surface area contributed by atoms with E-state index in [1.54, 1.807) is 0 Å². The largest absolute Gasteiger partial charge is 0.396 e. The van der Waals surface area contributed by atoms with E-state index in [-0.39, 0.29) is 21.1 Å². The molecule has 0 fully saturated rings. The molecule has 0 atom stereocenters. The van der Waals surface area contributed by atoms with Crippen molar-refractivity contribution in [2.24, 2.45) is 0 Å². The Labute approximate surface area is 121 Å². The average Bonchev–Trinajstić information content (AvgIpc) is 2.39. The van der Waals surface area contributed by atoms with Gasteiger partial charge in [-0.05, 0) is 25.7 Å². The van der Waals surface area contributed by atoms with E-state index in [1.807, 2.05) is 27.7 Å². The minimum absolute atomic E-state index is 0. The van der Waals surface area contributed by atoms with Gasteiger partial charge < -0.3 is 20.4 Å². The van der Waals surface area contributed by atoms with Gasteiger partial charge in [0.05, 0.1) is 0 Å². The maximum atomic E-state index is 7.88. The SMILES string of the molecule is CCCO.CCCO.CCCO.CCCO.[Mo]. The molecule has 0 aromatic heterocycles. The average molecular weight is 336 g/mol. The summed E-state index contributed by atoms with van der Waals surface area (Å²) in [5, 5.41) is 31.5. The van der Waals surface area contributed by atoms with Gasteiger partial charge in [0.15, 0.2) is 0 Å². The van der Waals surface area contributed by atoms with Gasteiger partial charge >= 0.3 is 0 Å². The fourth-order valence-corrected chi connectivity index (χ4v) is 0. The summed E-state index contributed by atoms with van der Waals surface area (Å²) in [5.41, 5.74) is 0. The Balaban J connectivity index is -0.0000000369. The first-order valence-corrected chi connectivity index (χ1v) is 6.09. The van der Waals surface area contributed by atoms with E-state index in [4.69, 9.17) is 20.4 Å². The third kappa shape index (κ3) is 170. The molecule has 0 aliphatic heterocycles. The summed E-state index contributed by atoms with van der Waals surface area (Å²) < 4.78 is 0. The number of aliphatic hydroxyl groups is 4. The van der Waals surface area contributed by atoms with Crippen molar-refractivity contribution in [2.45, 2.75) is 53.4 Å². The van der Waals surface area contributed by atoms with Crippen molar-refractivity contribution in [2.75, 3.05) is 26.4 Å². The van der Waals surface area contributed by atoms with Crippen LogP contribution in [0, 0.1) is 0 Å². The summed E-state index contributed by atoms with van der Waals surface area (Å²) in [6.45, 7) is 9.00. The van der Waals surface area contributed by atoms with Crippen LogP contribution in [0.5, 0.6) is 0 Å². The molecule has 0 rings (SSSR count). The van der Waals surface area contributed by atoms with Gasteiger partial charge in [0.2, 0.25) is 0 Å². The second-order valence-electron chi connectivity index (χ2n) is 2.89. The van der Waals surface area contributed by atoms with E-state index in [0.29, 0.717) is 26.4 Å². The third-order valence-electron chi connectivity index (χ3n) is 0.894. The fraction of sp³-hybridized carbons (Fsp3) is 1.00. The molecule has 4 nitrogen and oxygen atoms in total. The molecule has 0 saturated carbocycles. The van der Waals surface area contributed by atoms with Crippen LogP contribution in [-0.4, -0.2) is 46.9 Å². The predicted molar refractivity (Wildman–Crippen MR) is 69.5 cm³/mol. The molecule has 4 N–H and O–H groups in total. The molecule has 0 aromatic carbocycles. The monoisotopic (exact) mass is 338 g/mol. The maximum Gasteiger partial charge on any atom is 0.0428 e. The van der Waals surface area contributed by atoms with Gasteiger partial charge in [0.1, 0.15) is 0 Å². The van der Waals surface area contributed by atoms with Crippen LogP contribution in [0.25, 0.3) is 0 Å². The molecule has 0 saturated heterocycles. The molecule has 0 heterocycles. The van der Waals surface area contributed by atoms with Crippen molar-refractivity contribution in [1.29, 1.82) is 0 Å². The Kier molecular flexibility index (Phi) is 98.3. The van der Waals surface area contributed by atoms with E-state index >= 15 is 0 Å². The van der Waals surface area contributed by atoms with Gasteiger partial charge in [0, 0.05) is 47.5 Å². The van der Waals surface area contributed by atoms with E-state index in [1.165, 1.54) is 0 Å². The Hall–Kier alpha value is 0.528. The first-order valence-electron chi connectivity index (χ1n) is 6.09. The maximum absolute atomic E-state index is 7.88.